The van der Waals surface area contributed by atoms with Gasteiger partial charge in [0.05, 0.1) is 5.75 Å². The molecule has 0 aromatic heterocycles. The van der Waals surface area contributed by atoms with Gasteiger partial charge in [0.1, 0.15) is 18.8 Å². The zero-order chi connectivity index (χ0) is 20.4. The second-order valence-corrected chi connectivity index (χ2v) is 7.74. The lowest BCUT2D eigenvalue weighted by Gasteiger charge is -2.22. The van der Waals surface area contributed by atoms with Crippen molar-refractivity contribution < 1.29 is 23.9 Å². The molecule has 1 atom stereocenters. The molecule has 29 heavy (non-hydrogen) atoms. The van der Waals surface area contributed by atoms with E-state index in [2.05, 4.69) is 10.7 Å². The van der Waals surface area contributed by atoms with Crippen LogP contribution in [0.5, 0.6) is 11.5 Å². The number of carbonyl (C=O) groups excluding carboxylic acids is 3. The van der Waals surface area contributed by atoms with E-state index in [1.165, 1.54) is 11.8 Å². The number of ether oxygens (including phenoxy) is 2. The number of hydrogen-bond acceptors (Lipinski definition) is 6. The molecule has 0 aliphatic carbocycles. The van der Waals surface area contributed by atoms with Crippen LogP contribution in [0.2, 0.25) is 0 Å². The van der Waals surface area contributed by atoms with Gasteiger partial charge in [-0.15, -0.1) is 11.8 Å². The minimum atomic E-state index is -1.23. The molecule has 1 saturated heterocycles. The molecule has 2 aromatic carbocycles. The van der Waals surface area contributed by atoms with Crippen molar-refractivity contribution in [1.82, 2.24) is 15.8 Å². The molecule has 2 aliphatic rings. The first-order valence-corrected chi connectivity index (χ1v) is 10.00. The Hall–Kier alpha value is -3.20. The number of benzene rings is 2. The first-order chi connectivity index (χ1) is 14.0. The largest absolute Gasteiger partial charge is 0.486 e. The molecule has 2 heterocycles. The van der Waals surface area contributed by atoms with Gasteiger partial charge in [-0.25, -0.2) is 4.79 Å². The molecule has 0 radical (unpaired) electrons. The number of nitrogens with zero attached hydrogens (tertiary/aromatic N) is 1. The van der Waals surface area contributed by atoms with Crippen LogP contribution in [0, 0.1) is 0 Å². The molecule has 0 saturated carbocycles. The number of urea groups is 1. The molecular weight excluding hydrogens is 394 g/mol. The van der Waals surface area contributed by atoms with Gasteiger partial charge in [0.15, 0.2) is 11.5 Å². The van der Waals surface area contributed by atoms with E-state index in [4.69, 9.17) is 9.47 Å². The van der Waals surface area contributed by atoms with Gasteiger partial charge in [0.25, 0.3) is 5.91 Å². The number of thioether (sulfide) groups is 1. The third-order valence-electron chi connectivity index (χ3n) is 4.66. The maximum Gasteiger partial charge on any atom is 0.344 e. The predicted octanol–water partition coefficient (Wildman–Crippen LogP) is 2.05. The fourth-order valence-corrected chi connectivity index (χ4v) is 3.84. The molecule has 2 aromatic rings. The third-order valence-corrected chi connectivity index (χ3v) is 5.66. The molecule has 1 fully saturated rings. The Labute approximate surface area is 171 Å². The number of fused-ring (bicyclic) bond motifs is 1. The van der Waals surface area contributed by atoms with E-state index in [1.807, 2.05) is 12.1 Å². The van der Waals surface area contributed by atoms with Gasteiger partial charge in [0, 0.05) is 4.90 Å². The fourth-order valence-electron chi connectivity index (χ4n) is 3.13. The van der Waals surface area contributed by atoms with Crippen molar-refractivity contribution in [2.45, 2.75) is 17.4 Å². The maximum absolute atomic E-state index is 12.8. The lowest BCUT2D eigenvalue weighted by molar-refractivity contribution is -0.138. The van der Waals surface area contributed by atoms with Gasteiger partial charge in [-0.2, -0.15) is 5.01 Å². The maximum atomic E-state index is 12.8. The first-order valence-electron chi connectivity index (χ1n) is 9.01. The Bertz CT molecular complexity index is 968. The summed E-state index contributed by atoms with van der Waals surface area (Å²) >= 11 is 1.27. The topological polar surface area (TPSA) is 97.0 Å². The van der Waals surface area contributed by atoms with Crippen LogP contribution in [0.4, 0.5) is 4.79 Å². The Kier molecular flexibility index (Phi) is 5.06. The van der Waals surface area contributed by atoms with Gasteiger partial charge in [-0.3, -0.25) is 15.0 Å². The molecule has 8 nitrogen and oxygen atoms in total. The van der Waals surface area contributed by atoms with Crippen LogP contribution in [0.3, 0.4) is 0 Å². The average Bonchev–Trinajstić information content (AvgIpc) is 2.96. The smallest absolute Gasteiger partial charge is 0.344 e. The number of rotatable bonds is 5. The van der Waals surface area contributed by atoms with E-state index in [9.17, 15) is 14.4 Å². The summed E-state index contributed by atoms with van der Waals surface area (Å²) in [6.45, 7) is 2.60. The molecule has 9 heteroatoms. The van der Waals surface area contributed by atoms with Crippen molar-refractivity contribution in [3.05, 3.63) is 54.1 Å². The van der Waals surface area contributed by atoms with Gasteiger partial charge in [0.2, 0.25) is 5.91 Å². The minimum absolute atomic E-state index is 0.0265. The monoisotopic (exact) mass is 413 g/mol. The van der Waals surface area contributed by atoms with E-state index in [0.717, 1.165) is 9.90 Å². The number of amides is 4. The lowest BCUT2D eigenvalue weighted by atomic mass is 9.92. The van der Waals surface area contributed by atoms with Crippen molar-refractivity contribution in [3.63, 3.8) is 0 Å². The van der Waals surface area contributed by atoms with Gasteiger partial charge < -0.3 is 14.8 Å². The summed E-state index contributed by atoms with van der Waals surface area (Å²) in [6, 6.07) is 13.6. The van der Waals surface area contributed by atoms with E-state index in [-0.39, 0.29) is 5.75 Å². The van der Waals surface area contributed by atoms with Crippen molar-refractivity contribution in [3.8, 4) is 11.5 Å². The second kappa shape index (κ2) is 7.67. The first kappa shape index (κ1) is 19.1. The molecule has 0 bridgehead atoms. The normalized spacial score (nSPS) is 20.4. The summed E-state index contributed by atoms with van der Waals surface area (Å²) in [4.78, 5) is 38.2. The Balaban J connectivity index is 1.38. The summed E-state index contributed by atoms with van der Waals surface area (Å²) in [6.07, 6.45) is 0. The standard InChI is InChI=1S/C20H19N3O5S/c1-20(13-5-3-2-4-6-13)18(25)23(19(26)21-20)22-17(24)12-29-14-7-8-15-16(11-14)28-10-9-27-15/h2-8,11H,9-10,12H2,1H3,(H,21,26)(H,22,24). The highest BCUT2D eigenvalue weighted by molar-refractivity contribution is 8.00. The van der Waals surface area contributed by atoms with Crippen LogP contribution < -0.4 is 20.2 Å². The van der Waals surface area contributed by atoms with E-state index < -0.39 is 23.4 Å². The van der Waals surface area contributed by atoms with Crippen molar-refractivity contribution in [2.24, 2.45) is 0 Å². The van der Waals surface area contributed by atoms with E-state index in [1.54, 1.807) is 43.3 Å². The van der Waals surface area contributed by atoms with Gasteiger partial charge in [-0.1, -0.05) is 30.3 Å². The molecule has 1 unspecified atom stereocenters. The summed E-state index contributed by atoms with van der Waals surface area (Å²) in [5.41, 5.74) is 1.80. The van der Waals surface area contributed by atoms with Crippen LogP contribution in [0.15, 0.2) is 53.4 Å². The number of hydrogen-bond donors (Lipinski definition) is 2. The van der Waals surface area contributed by atoms with Gasteiger partial charge >= 0.3 is 6.03 Å². The number of imide groups is 1. The van der Waals surface area contributed by atoms with Crippen LogP contribution in [-0.4, -0.2) is 41.8 Å². The summed E-state index contributed by atoms with van der Waals surface area (Å²) in [5.74, 6) is 0.328. The van der Waals surface area contributed by atoms with E-state index in [0.29, 0.717) is 30.3 Å². The molecule has 4 amide bonds. The molecule has 4 rings (SSSR count). The number of carbonyl (C=O) groups is 3. The van der Waals surface area contributed by atoms with Crippen LogP contribution in [0.25, 0.3) is 0 Å². The Morgan fingerprint density at radius 3 is 2.62 bits per heavy atom. The Morgan fingerprint density at radius 1 is 1.14 bits per heavy atom. The summed E-state index contributed by atoms with van der Waals surface area (Å²) < 4.78 is 11.0. The summed E-state index contributed by atoms with van der Waals surface area (Å²) in [7, 11) is 0. The zero-order valence-electron chi connectivity index (χ0n) is 15.6. The number of hydrazine groups is 1. The quantitative estimate of drug-likeness (QED) is 0.575. The molecule has 2 aliphatic heterocycles. The SMILES string of the molecule is CC1(c2ccccc2)NC(=O)N(NC(=O)CSc2ccc3c(c2)OCCO3)C1=O. The van der Waals surface area contributed by atoms with Crippen molar-refractivity contribution >= 4 is 29.6 Å². The molecular formula is C20H19N3O5S. The Morgan fingerprint density at radius 2 is 1.86 bits per heavy atom. The highest BCUT2D eigenvalue weighted by Crippen LogP contribution is 2.34. The second-order valence-electron chi connectivity index (χ2n) is 6.69. The highest BCUT2D eigenvalue weighted by atomic mass is 32.2. The van der Waals surface area contributed by atoms with Crippen molar-refractivity contribution in [1.29, 1.82) is 0 Å². The molecule has 2 N–H and O–H groups in total. The highest BCUT2D eigenvalue weighted by Gasteiger charge is 2.49. The van der Waals surface area contributed by atoms with Crippen molar-refractivity contribution in [2.75, 3.05) is 19.0 Å². The number of nitrogens with one attached hydrogen (secondary N) is 2. The van der Waals surface area contributed by atoms with Crippen LogP contribution in [-0.2, 0) is 15.1 Å². The fraction of sp³-hybridized carbons (Fsp3) is 0.250. The summed E-state index contributed by atoms with van der Waals surface area (Å²) in [5, 5.41) is 3.38. The molecule has 150 valence electrons. The predicted molar refractivity (Wildman–Crippen MR) is 105 cm³/mol. The van der Waals surface area contributed by atoms with E-state index >= 15 is 0 Å². The van der Waals surface area contributed by atoms with Gasteiger partial charge in [-0.05, 0) is 30.7 Å². The minimum Gasteiger partial charge on any atom is -0.486 e. The lowest BCUT2D eigenvalue weighted by Crippen LogP contribution is -2.48. The third kappa shape index (κ3) is 3.73. The zero-order valence-corrected chi connectivity index (χ0v) is 16.5. The molecule has 0 spiro atoms. The average molecular weight is 413 g/mol. The van der Waals surface area contributed by atoms with Crippen LogP contribution in [0.1, 0.15) is 12.5 Å². The van der Waals surface area contributed by atoms with Crippen LogP contribution >= 0.6 is 11.8 Å².